The number of hydrogen-bond donors (Lipinski definition) is 2. The number of nitrogens with zero attached hydrogens (tertiary/aromatic N) is 3. The first-order chi connectivity index (χ1) is 9.16. The molecule has 19 heavy (non-hydrogen) atoms. The summed E-state index contributed by atoms with van der Waals surface area (Å²) >= 11 is 4.94. The van der Waals surface area contributed by atoms with Crippen LogP contribution in [0.4, 0.5) is 0 Å². The third-order valence-electron chi connectivity index (χ3n) is 2.13. The lowest BCUT2D eigenvalue weighted by Crippen LogP contribution is -2.10. The Kier molecular flexibility index (Phi) is 4.04. The Morgan fingerprint density at radius 3 is 3.05 bits per heavy atom. The maximum Gasteiger partial charge on any atom is 0.341 e. The normalized spacial score (nSPS) is 10.7. The molecule has 98 valence electrons. The molecule has 0 fully saturated rings. The molecule has 0 unspecified atom stereocenters. The minimum atomic E-state index is -1.04. The van der Waals surface area contributed by atoms with Gasteiger partial charge in [-0.15, -0.1) is 0 Å². The molecular weight excluding hydrogens is 268 g/mol. The monoisotopic (exact) mass is 278 g/mol. The molecule has 7 nitrogen and oxygen atoms in total. The highest BCUT2D eigenvalue weighted by Crippen LogP contribution is 2.15. The fraction of sp³-hybridized carbons (Fsp3) is 0.0909. The second-order valence-electron chi connectivity index (χ2n) is 3.47. The highest BCUT2D eigenvalue weighted by molar-refractivity contribution is 7.71. The van der Waals surface area contributed by atoms with Gasteiger partial charge in [0.15, 0.2) is 6.61 Å². The van der Waals surface area contributed by atoms with E-state index >= 15 is 0 Å². The maximum absolute atomic E-state index is 10.5. The molecule has 0 bridgehead atoms. The summed E-state index contributed by atoms with van der Waals surface area (Å²) in [5.41, 5.74) is 0.645. The van der Waals surface area contributed by atoms with Gasteiger partial charge in [0.05, 0.1) is 6.21 Å². The van der Waals surface area contributed by atoms with E-state index in [1.165, 1.54) is 17.2 Å². The van der Waals surface area contributed by atoms with Crippen LogP contribution in [0, 0.1) is 4.77 Å². The van der Waals surface area contributed by atoms with Crippen LogP contribution in [-0.4, -0.2) is 38.8 Å². The summed E-state index contributed by atoms with van der Waals surface area (Å²) in [6.07, 6.45) is 2.95. The van der Waals surface area contributed by atoms with Gasteiger partial charge in [0.2, 0.25) is 4.77 Å². The Morgan fingerprint density at radius 2 is 2.37 bits per heavy atom. The zero-order valence-corrected chi connectivity index (χ0v) is 10.5. The fourth-order valence-corrected chi connectivity index (χ4v) is 1.45. The number of aliphatic carboxylic acids is 1. The van der Waals surface area contributed by atoms with Gasteiger partial charge in [-0.05, 0) is 24.4 Å². The quantitative estimate of drug-likeness (QED) is 0.635. The van der Waals surface area contributed by atoms with Crippen LogP contribution >= 0.6 is 12.2 Å². The van der Waals surface area contributed by atoms with Crippen LogP contribution in [0.5, 0.6) is 5.75 Å². The van der Waals surface area contributed by atoms with Crippen molar-refractivity contribution in [2.45, 2.75) is 0 Å². The van der Waals surface area contributed by atoms with Gasteiger partial charge in [-0.3, -0.25) is 5.10 Å². The van der Waals surface area contributed by atoms with Crippen LogP contribution in [-0.2, 0) is 4.79 Å². The largest absolute Gasteiger partial charge is 0.481 e. The van der Waals surface area contributed by atoms with Gasteiger partial charge in [0.25, 0.3) is 0 Å². The summed E-state index contributed by atoms with van der Waals surface area (Å²) < 4.78 is 6.89. The van der Waals surface area contributed by atoms with Crippen LogP contribution in [0.1, 0.15) is 5.56 Å². The SMILES string of the molecule is O=C(O)COc1ccccc1C=Nn1cn[nH]c1=S. The summed E-state index contributed by atoms with van der Waals surface area (Å²) in [5.74, 6) is -0.604. The van der Waals surface area contributed by atoms with E-state index in [4.69, 9.17) is 22.1 Å². The number of hydrogen-bond acceptors (Lipinski definition) is 5. The zero-order chi connectivity index (χ0) is 13.7. The number of carboxylic acid groups (broad SMARTS) is 1. The minimum Gasteiger partial charge on any atom is -0.481 e. The molecule has 0 atom stereocenters. The van der Waals surface area contributed by atoms with E-state index in [-0.39, 0.29) is 0 Å². The predicted octanol–water partition coefficient (Wildman–Crippen LogP) is 1.29. The van der Waals surface area contributed by atoms with E-state index in [0.717, 1.165) is 0 Å². The Hall–Kier alpha value is -2.48. The lowest BCUT2D eigenvalue weighted by molar-refractivity contribution is -0.139. The van der Waals surface area contributed by atoms with Gasteiger partial charge < -0.3 is 9.84 Å². The van der Waals surface area contributed by atoms with E-state index in [1.807, 2.05) is 0 Å². The molecule has 1 aromatic heterocycles. The molecule has 0 aliphatic carbocycles. The van der Waals surface area contributed by atoms with Crippen molar-refractivity contribution in [1.29, 1.82) is 0 Å². The molecule has 1 heterocycles. The topological polar surface area (TPSA) is 92.5 Å². The molecule has 0 amide bonds. The summed E-state index contributed by atoms with van der Waals surface area (Å²) in [6.45, 7) is -0.407. The average Bonchev–Trinajstić information content (AvgIpc) is 2.80. The van der Waals surface area contributed by atoms with Gasteiger partial charge in [-0.1, -0.05) is 12.1 Å². The van der Waals surface area contributed by atoms with Crippen LogP contribution < -0.4 is 4.74 Å². The maximum atomic E-state index is 10.5. The fourth-order valence-electron chi connectivity index (χ4n) is 1.31. The Morgan fingerprint density at radius 1 is 1.58 bits per heavy atom. The van der Waals surface area contributed by atoms with Crippen LogP contribution in [0.2, 0.25) is 0 Å². The van der Waals surface area contributed by atoms with Crippen molar-refractivity contribution >= 4 is 24.4 Å². The molecule has 1 aromatic carbocycles. The number of H-pyrrole nitrogens is 1. The molecule has 0 saturated heterocycles. The summed E-state index contributed by atoms with van der Waals surface area (Å²) in [4.78, 5) is 10.5. The molecular formula is C11H10N4O3S. The van der Waals surface area contributed by atoms with Gasteiger partial charge in [-0.25, -0.2) is 4.79 Å². The van der Waals surface area contributed by atoms with Gasteiger partial charge in [0, 0.05) is 5.56 Å². The third kappa shape index (κ3) is 3.49. The Labute approximate surface area is 113 Å². The number of ether oxygens (including phenoxy) is 1. The standard InChI is InChI=1S/C11H10N4O3S/c16-10(17)6-18-9-4-2-1-3-8(9)5-13-15-7-12-14-11(15)19/h1-5,7H,6H2,(H,14,19)(H,16,17). The predicted molar refractivity (Wildman–Crippen MR) is 70.0 cm³/mol. The van der Waals surface area contributed by atoms with E-state index in [2.05, 4.69) is 15.3 Å². The number of rotatable bonds is 5. The highest BCUT2D eigenvalue weighted by Gasteiger charge is 2.03. The van der Waals surface area contributed by atoms with Crippen LogP contribution in [0.15, 0.2) is 35.7 Å². The molecule has 0 aliphatic heterocycles. The number of carboxylic acids is 1. The molecule has 0 aliphatic rings. The first kappa shape index (κ1) is 13.0. The van der Waals surface area contributed by atoms with Gasteiger partial charge >= 0.3 is 5.97 Å². The third-order valence-corrected chi connectivity index (χ3v) is 2.41. The van der Waals surface area contributed by atoms with E-state index < -0.39 is 12.6 Å². The molecule has 2 rings (SSSR count). The number of nitrogens with one attached hydrogen (secondary N) is 1. The number of aromatic nitrogens is 3. The van der Waals surface area contributed by atoms with Gasteiger partial charge in [0.1, 0.15) is 12.1 Å². The summed E-state index contributed by atoms with van der Waals surface area (Å²) in [6, 6.07) is 6.96. The van der Waals surface area contributed by atoms with E-state index in [9.17, 15) is 4.79 Å². The second-order valence-corrected chi connectivity index (χ2v) is 3.86. The molecule has 0 radical (unpaired) electrons. The lowest BCUT2D eigenvalue weighted by Gasteiger charge is -2.05. The summed E-state index contributed by atoms with van der Waals surface area (Å²) in [7, 11) is 0. The molecule has 2 aromatic rings. The van der Waals surface area contributed by atoms with Crippen molar-refractivity contribution in [3.8, 4) is 5.75 Å². The smallest absolute Gasteiger partial charge is 0.341 e. The highest BCUT2D eigenvalue weighted by atomic mass is 32.1. The Bertz CT molecular complexity index is 662. The van der Waals surface area contributed by atoms with E-state index in [1.54, 1.807) is 24.3 Å². The number of benzene rings is 1. The van der Waals surface area contributed by atoms with Crippen LogP contribution in [0.3, 0.4) is 0 Å². The first-order valence-electron chi connectivity index (χ1n) is 5.27. The molecule has 2 N–H and O–H groups in total. The van der Waals surface area contributed by atoms with Gasteiger partial charge in [-0.2, -0.15) is 14.9 Å². The molecule has 0 spiro atoms. The van der Waals surface area contributed by atoms with Crippen molar-refractivity contribution < 1.29 is 14.6 Å². The minimum absolute atomic E-state index is 0.361. The molecule has 8 heteroatoms. The van der Waals surface area contributed by atoms with Crippen molar-refractivity contribution in [2.24, 2.45) is 5.10 Å². The average molecular weight is 278 g/mol. The lowest BCUT2D eigenvalue weighted by atomic mass is 10.2. The number of aromatic amines is 1. The summed E-state index contributed by atoms with van der Waals surface area (Å²) in [5, 5.41) is 19.0. The van der Waals surface area contributed by atoms with Crippen molar-refractivity contribution in [3.05, 3.63) is 40.9 Å². The van der Waals surface area contributed by atoms with Crippen LogP contribution in [0.25, 0.3) is 0 Å². The molecule has 0 saturated carbocycles. The zero-order valence-electron chi connectivity index (χ0n) is 9.68. The van der Waals surface area contributed by atoms with Crippen molar-refractivity contribution in [1.82, 2.24) is 14.9 Å². The second kappa shape index (κ2) is 5.91. The number of para-hydroxylation sites is 1. The van der Waals surface area contributed by atoms with Crippen molar-refractivity contribution in [3.63, 3.8) is 0 Å². The van der Waals surface area contributed by atoms with E-state index in [0.29, 0.717) is 16.1 Å². The Balaban J connectivity index is 2.20. The van der Waals surface area contributed by atoms with Crippen molar-refractivity contribution in [2.75, 3.05) is 6.61 Å². The number of carbonyl (C=O) groups is 1. The first-order valence-corrected chi connectivity index (χ1v) is 5.67.